The minimum absolute atomic E-state index is 0.165. The minimum Gasteiger partial charge on any atom is -0.389 e. The molecular formula is C10H13N3O2S2. The van der Waals surface area contributed by atoms with E-state index >= 15 is 0 Å². The molecule has 5 nitrogen and oxygen atoms in total. The Kier molecular flexibility index (Phi) is 3.30. The number of sulfone groups is 1. The molecule has 0 bridgehead atoms. The normalized spacial score (nSPS) is 18.9. The molecule has 0 saturated carbocycles. The predicted molar refractivity (Wildman–Crippen MR) is 71.0 cm³/mol. The van der Waals surface area contributed by atoms with E-state index in [1.165, 1.54) is 0 Å². The van der Waals surface area contributed by atoms with E-state index in [1.807, 2.05) is 4.90 Å². The van der Waals surface area contributed by atoms with Crippen LogP contribution in [0.15, 0.2) is 18.5 Å². The highest BCUT2D eigenvalue weighted by Gasteiger charge is 2.23. The van der Waals surface area contributed by atoms with Crippen LogP contribution in [0.25, 0.3) is 0 Å². The van der Waals surface area contributed by atoms with E-state index < -0.39 is 9.84 Å². The maximum atomic E-state index is 11.4. The van der Waals surface area contributed by atoms with E-state index in [0.717, 1.165) is 11.3 Å². The summed E-state index contributed by atoms with van der Waals surface area (Å²) in [6, 6.07) is 1.75. The average molecular weight is 271 g/mol. The van der Waals surface area contributed by atoms with Gasteiger partial charge in [0.05, 0.1) is 23.4 Å². The van der Waals surface area contributed by atoms with Gasteiger partial charge in [0.1, 0.15) is 4.99 Å². The van der Waals surface area contributed by atoms with Crippen molar-refractivity contribution in [2.75, 3.05) is 29.5 Å². The van der Waals surface area contributed by atoms with E-state index in [-0.39, 0.29) is 11.5 Å². The van der Waals surface area contributed by atoms with Crippen LogP contribution in [0, 0.1) is 0 Å². The molecule has 17 heavy (non-hydrogen) atoms. The Morgan fingerprint density at radius 3 is 2.65 bits per heavy atom. The lowest BCUT2D eigenvalue weighted by Gasteiger charge is -2.29. The van der Waals surface area contributed by atoms with E-state index in [4.69, 9.17) is 18.0 Å². The van der Waals surface area contributed by atoms with Crippen LogP contribution in [0.5, 0.6) is 0 Å². The zero-order valence-electron chi connectivity index (χ0n) is 9.17. The van der Waals surface area contributed by atoms with Crippen LogP contribution < -0.4 is 10.6 Å². The van der Waals surface area contributed by atoms with E-state index in [9.17, 15) is 8.42 Å². The van der Waals surface area contributed by atoms with Gasteiger partial charge in [-0.15, -0.1) is 0 Å². The van der Waals surface area contributed by atoms with Crippen molar-refractivity contribution in [3.8, 4) is 0 Å². The number of anilines is 1. The summed E-state index contributed by atoms with van der Waals surface area (Å²) < 4.78 is 22.7. The second-order valence-corrected chi connectivity index (χ2v) is 6.64. The summed E-state index contributed by atoms with van der Waals surface area (Å²) in [7, 11) is -2.88. The lowest BCUT2D eigenvalue weighted by molar-refractivity contribution is 0.586. The van der Waals surface area contributed by atoms with Gasteiger partial charge in [-0.2, -0.15) is 0 Å². The first-order chi connectivity index (χ1) is 7.99. The Balaban J connectivity index is 2.27. The molecular weight excluding hydrogens is 258 g/mol. The summed E-state index contributed by atoms with van der Waals surface area (Å²) in [5, 5.41) is 0. The smallest absolute Gasteiger partial charge is 0.153 e. The van der Waals surface area contributed by atoms with Gasteiger partial charge in [-0.3, -0.25) is 4.98 Å². The number of nitrogens with two attached hydrogens (primary N) is 1. The molecule has 2 rings (SSSR count). The Hall–Kier alpha value is -1.21. The molecule has 1 aromatic heterocycles. The quantitative estimate of drug-likeness (QED) is 0.760. The van der Waals surface area contributed by atoms with E-state index in [1.54, 1.807) is 18.5 Å². The summed E-state index contributed by atoms with van der Waals surface area (Å²) >= 11 is 4.97. The number of aromatic nitrogens is 1. The van der Waals surface area contributed by atoms with E-state index in [0.29, 0.717) is 18.1 Å². The number of hydrogen-bond acceptors (Lipinski definition) is 5. The summed E-state index contributed by atoms with van der Waals surface area (Å²) in [5.41, 5.74) is 7.19. The van der Waals surface area contributed by atoms with E-state index in [2.05, 4.69) is 4.98 Å². The SMILES string of the molecule is NC(=S)c1ccncc1N1CCS(=O)(=O)CC1. The molecule has 1 fully saturated rings. The molecule has 1 saturated heterocycles. The molecule has 0 aromatic carbocycles. The molecule has 2 N–H and O–H groups in total. The van der Waals surface area contributed by atoms with Crippen LogP contribution in [-0.2, 0) is 9.84 Å². The van der Waals surface area contributed by atoms with Crippen molar-refractivity contribution in [1.29, 1.82) is 0 Å². The summed E-state index contributed by atoms with van der Waals surface area (Å²) in [5.74, 6) is 0.331. The van der Waals surface area contributed by atoms with Crippen molar-refractivity contribution < 1.29 is 8.42 Å². The van der Waals surface area contributed by atoms with Crippen LogP contribution in [0.2, 0.25) is 0 Å². The molecule has 0 amide bonds. The first kappa shape index (κ1) is 12.3. The fourth-order valence-electron chi connectivity index (χ4n) is 1.80. The standard InChI is InChI=1S/C10H13N3O2S2/c11-10(16)8-1-2-12-7-9(8)13-3-5-17(14,15)6-4-13/h1-2,7H,3-6H2,(H2,11,16). The number of rotatable bonds is 2. The minimum atomic E-state index is -2.88. The number of pyridine rings is 1. The van der Waals surface area contributed by atoms with Crippen molar-refractivity contribution in [2.24, 2.45) is 5.73 Å². The van der Waals surface area contributed by atoms with Crippen LogP contribution in [0.3, 0.4) is 0 Å². The van der Waals surface area contributed by atoms with Gasteiger partial charge < -0.3 is 10.6 Å². The van der Waals surface area contributed by atoms with Gasteiger partial charge in [0.2, 0.25) is 0 Å². The number of nitrogens with zero attached hydrogens (tertiary/aromatic N) is 2. The van der Waals surface area contributed by atoms with Crippen molar-refractivity contribution in [1.82, 2.24) is 4.98 Å². The van der Waals surface area contributed by atoms with Crippen molar-refractivity contribution in [3.63, 3.8) is 0 Å². The second-order valence-electron chi connectivity index (χ2n) is 3.90. The van der Waals surface area contributed by atoms with Crippen molar-refractivity contribution >= 4 is 32.7 Å². The van der Waals surface area contributed by atoms with Crippen molar-refractivity contribution in [2.45, 2.75) is 0 Å². The lowest BCUT2D eigenvalue weighted by Crippen LogP contribution is -2.41. The summed E-state index contributed by atoms with van der Waals surface area (Å²) in [6.45, 7) is 0.924. The van der Waals surface area contributed by atoms with Gasteiger partial charge >= 0.3 is 0 Å². The van der Waals surface area contributed by atoms with Gasteiger partial charge in [-0.1, -0.05) is 12.2 Å². The maximum absolute atomic E-state index is 11.4. The van der Waals surface area contributed by atoms with Crippen LogP contribution >= 0.6 is 12.2 Å². The molecule has 1 aliphatic rings. The highest BCUT2D eigenvalue weighted by Crippen LogP contribution is 2.21. The summed E-state index contributed by atoms with van der Waals surface area (Å²) in [4.78, 5) is 6.30. The third kappa shape index (κ3) is 2.73. The molecule has 92 valence electrons. The zero-order chi connectivity index (χ0) is 12.5. The first-order valence-electron chi connectivity index (χ1n) is 5.19. The molecule has 0 aliphatic carbocycles. The highest BCUT2D eigenvalue weighted by molar-refractivity contribution is 7.91. The predicted octanol–water partition coefficient (Wildman–Crippen LogP) is -0.0494. The van der Waals surface area contributed by atoms with Crippen molar-refractivity contribution in [3.05, 3.63) is 24.0 Å². The number of thiocarbonyl (C=S) groups is 1. The third-order valence-electron chi connectivity index (χ3n) is 2.75. The summed E-state index contributed by atoms with van der Waals surface area (Å²) in [6.07, 6.45) is 3.30. The lowest BCUT2D eigenvalue weighted by atomic mass is 10.2. The second kappa shape index (κ2) is 4.58. The zero-order valence-corrected chi connectivity index (χ0v) is 10.8. The third-order valence-corrected chi connectivity index (χ3v) is 4.58. The van der Waals surface area contributed by atoms with Gasteiger partial charge in [-0.25, -0.2) is 8.42 Å². The monoisotopic (exact) mass is 271 g/mol. The van der Waals surface area contributed by atoms with Gasteiger partial charge in [0.25, 0.3) is 0 Å². The maximum Gasteiger partial charge on any atom is 0.153 e. The average Bonchev–Trinajstić information content (AvgIpc) is 2.29. The van der Waals surface area contributed by atoms with Gasteiger partial charge in [-0.05, 0) is 6.07 Å². The van der Waals surface area contributed by atoms with Crippen LogP contribution in [0.4, 0.5) is 5.69 Å². The van der Waals surface area contributed by atoms with Crippen LogP contribution in [-0.4, -0.2) is 43.0 Å². The van der Waals surface area contributed by atoms with Crippen LogP contribution in [0.1, 0.15) is 5.56 Å². The number of hydrogen-bond donors (Lipinski definition) is 1. The molecule has 0 unspecified atom stereocenters. The molecule has 0 spiro atoms. The fourth-order valence-corrected chi connectivity index (χ4v) is 3.17. The van der Waals surface area contributed by atoms with Gasteiger partial charge in [0.15, 0.2) is 9.84 Å². The Labute approximate surface area is 106 Å². The van der Waals surface area contributed by atoms with Gasteiger partial charge in [0, 0.05) is 24.8 Å². The molecule has 0 atom stereocenters. The topological polar surface area (TPSA) is 76.3 Å². The molecule has 7 heteroatoms. The molecule has 0 radical (unpaired) electrons. The Bertz CT molecular complexity index is 528. The molecule has 1 aliphatic heterocycles. The Morgan fingerprint density at radius 1 is 1.41 bits per heavy atom. The molecule has 2 heterocycles. The molecule has 1 aromatic rings. The highest BCUT2D eigenvalue weighted by atomic mass is 32.2. The largest absolute Gasteiger partial charge is 0.389 e. The fraction of sp³-hybridized carbons (Fsp3) is 0.400. The Morgan fingerprint density at radius 2 is 2.06 bits per heavy atom. The first-order valence-corrected chi connectivity index (χ1v) is 7.42.